The van der Waals surface area contributed by atoms with Crippen LogP contribution in [0.3, 0.4) is 0 Å². The van der Waals surface area contributed by atoms with E-state index in [0.29, 0.717) is 5.41 Å². The van der Waals surface area contributed by atoms with Crippen LogP contribution in [0, 0.1) is 34.5 Å². The second kappa shape index (κ2) is 4.85. The van der Waals surface area contributed by atoms with Crippen LogP contribution in [0.25, 0.3) is 0 Å². The predicted molar refractivity (Wildman–Crippen MR) is 90.9 cm³/mol. The Kier molecular flexibility index (Phi) is 3.15. The Balaban J connectivity index is 1.53. The fraction of sp³-hybridized carbons (Fsp3) is 0.905. The van der Waals surface area contributed by atoms with Crippen LogP contribution in [0.5, 0.6) is 0 Å². The van der Waals surface area contributed by atoms with Gasteiger partial charge in [-0.2, -0.15) is 0 Å². The van der Waals surface area contributed by atoms with Crippen LogP contribution in [0.2, 0.25) is 0 Å². The minimum Gasteiger partial charge on any atom is -0.347 e. The van der Waals surface area contributed by atoms with Gasteiger partial charge in [0.1, 0.15) is 0 Å². The van der Waals surface area contributed by atoms with Crippen molar-refractivity contribution in [2.75, 3.05) is 13.2 Å². The molecule has 1 spiro atoms. The highest BCUT2D eigenvalue weighted by Gasteiger charge is 2.65. The van der Waals surface area contributed by atoms with Gasteiger partial charge in [0.15, 0.2) is 5.79 Å². The quantitative estimate of drug-likeness (QED) is 0.589. The molecular formula is C21H32O2. The van der Waals surface area contributed by atoms with E-state index in [1.165, 1.54) is 44.9 Å². The first kappa shape index (κ1) is 15.0. The first-order valence-electron chi connectivity index (χ1n) is 10.1. The third kappa shape index (κ3) is 1.78. The van der Waals surface area contributed by atoms with Gasteiger partial charge in [0.2, 0.25) is 0 Å². The van der Waals surface area contributed by atoms with E-state index in [4.69, 9.17) is 9.47 Å². The lowest BCUT2D eigenvalue weighted by Crippen LogP contribution is -2.54. The van der Waals surface area contributed by atoms with Gasteiger partial charge in [0.05, 0.1) is 13.2 Å². The molecule has 3 saturated carbocycles. The summed E-state index contributed by atoms with van der Waals surface area (Å²) in [5.74, 6) is 3.09. The number of fused-ring (bicyclic) bond motifs is 6. The first-order chi connectivity index (χ1) is 11.1. The molecule has 0 N–H and O–H groups in total. The lowest BCUT2D eigenvalue weighted by molar-refractivity contribution is -0.217. The molecule has 4 aliphatic carbocycles. The van der Waals surface area contributed by atoms with E-state index in [1.54, 1.807) is 0 Å². The van der Waals surface area contributed by atoms with Gasteiger partial charge in [-0.05, 0) is 61.2 Å². The largest absolute Gasteiger partial charge is 0.347 e. The number of allylic oxidation sites excluding steroid dienone is 1. The van der Waals surface area contributed by atoms with Crippen molar-refractivity contribution in [1.29, 1.82) is 0 Å². The molecule has 3 unspecified atom stereocenters. The summed E-state index contributed by atoms with van der Waals surface area (Å²) >= 11 is 0. The van der Waals surface area contributed by atoms with Crippen LogP contribution in [0.4, 0.5) is 0 Å². The Hall–Kier alpha value is -0.340. The van der Waals surface area contributed by atoms with E-state index in [0.717, 1.165) is 43.3 Å². The van der Waals surface area contributed by atoms with E-state index in [2.05, 4.69) is 26.0 Å². The summed E-state index contributed by atoms with van der Waals surface area (Å²) in [4.78, 5) is 0. The van der Waals surface area contributed by atoms with Crippen molar-refractivity contribution in [1.82, 2.24) is 0 Å². The first-order valence-corrected chi connectivity index (χ1v) is 10.1. The molecule has 0 aromatic rings. The summed E-state index contributed by atoms with van der Waals surface area (Å²) in [7, 11) is 0. The summed E-state index contributed by atoms with van der Waals surface area (Å²) in [5.41, 5.74) is 0.661. The monoisotopic (exact) mass is 316 g/mol. The average Bonchev–Trinajstić information content (AvgIpc) is 3.14. The predicted octanol–water partition coefficient (Wildman–Crippen LogP) is 4.94. The van der Waals surface area contributed by atoms with Crippen LogP contribution in [0.1, 0.15) is 65.2 Å². The minimum atomic E-state index is -0.302. The van der Waals surface area contributed by atoms with Crippen molar-refractivity contribution in [3.05, 3.63) is 12.2 Å². The molecule has 0 amide bonds. The molecule has 1 aliphatic heterocycles. The van der Waals surface area contributed by atoms with Crippen LogP contribution in [0.15, 0.2) is 12.2 Å². The van der Waals surface area contributed by atoms with Crippen molar-refractivity contribution < 1.29 is 9.47 Å². The highest BCUT2D eigenvalue weighted by Crippen LogP contribution is 2.67. The molecule has 4 fully saturated rings. The van der Waals surface area contributed by atoms with Crippen LogP contribution in [-0.2, 0) is 9.47 Å². The van der Waals surface area contributed by atoms with Crippen LogP contribution in [-0.4, -0.2) is 19.0 Å². The molecule has 2 heteroatoms. The molecule has 0 aromatic carbocycles. The van der Waals surface area contributed by atoms with Gasteiger partial charge in [0, 0.05) is 11.8 Å². The third-order valence-corrected chi connectivity index (χ3v) is 8.82. The topological polar surface area (TPSA) is 18.5 Å². The molecule has 5 rings (SSSR count). The number of hydrogen-bond donors (Lipinski definition) is 0. The molecule has 0 bridgehead atoms. The lowest BCUT2D eigenvalue weighted by Gasteiger charge is -2.58. The van der Waals surface area contributed by atoms with Crippen molar-refractivity contribution >= 4 is 0 Å². The highest BCUT2D eigenvalue weighted by atomic mass is 16.7. The van der Waals surface area contributed by atoms with Crippen molar-refractivity contribution in [3.63, 3.8) is 0 Å². The molecule has 1 saturated heterocycles. The smallest absolute Gasteiger partial charge is 0.177 e. The van der Waals surface area contributed by atoms with Crippen LogP contribution >= 0.6 is 0 Å². The molecule has 5 aliphatic rings. The number of rotatable bonds is 0. The van der Waals surface area contributed by atoms with Gasteiger partial charge in [-0.15, -0.1) is 0 Å². The summed E-state index contributed by atoms with van der Waals surface area (Å²) < 4.78 is 12.4. The Morgan fingerprint density at radius 3 is 2.57 bits per heavy atom. The van der Waals surface area contributed by atoms with Gasteiger partial charge in [-0.25, -0.2) is 0 Å². The van der Waals surface area contributed by atoms with E-state index >= 15 is 0 Å². The van der Waals surface area contributed by atoms with Crippen LogP contribution < -0.4 is 0 Å². The van der Waals surface area contributed by atoms with E-state index in [9.17, 15) is 0 Å². The molecule has 0 aromatic heterocycles. The molecule has 1 heterocycles. The Morgan fingerprint density at radius 1 is 0.913 bits per heavy atom. The lowest BCUT2D eigenvalue weighted by atomic mass is 9.47. The van der Waals surface area contributed by atoms with E-state index in [1.807, 2.05) is 0 Å². The molecule has 0 radical (unpaired) electrons. The summed E-state index contributed by atoms with van der Waals surface area (Å²) in [6.45, 7) is 6.61. The Labute approximate surface area is 141 Å². The fourth-order valence-corrected chi connectivity index (χ4v) is 7.54. The van der Waals surface area contributed by atoms with E-state index < -0.39 is 0 Å². The maximum atomic E-state index is 6.21. The standard InChI is InChI=1S/C21H32O2/c1-19-10-4-3-5-15(19)6-7-16-17(19)8-11-20(2)18(16)9-12-21(20)22-13-14-23-21/h8,11,15-18H,3-7,9-10,12-14H2,1-2H3/t15-,16?,17?,18?,19-,20-/m0/s1. The molecular weight excluding hydrogens is 284 g/mol. The zero-order chi connectivity index (χ0) is 15.7. The normalized spacial score (nSPS) is 53.8. The van der Waals surface area contributed by atoms with Gasteiger partial charge in [-0.3, -0.25) is 0 Å². The van der Waals surface area contributed by atoms with Crippen molar-refractivity contribution in [2.45, 2.75) is 71.0 Å². The maximum Gasteiger partial charge on any atom is 0.177 e. The molecule has 2 nitrogen and oxygen atoms in total. The van der Waals surface area contributed by atoms with E-state index in [-0.39, 0.29) is 11.2 Å². The zero-order valence-electron chi connectivity index (χ0n) is 14.9. The third-order valence-electron chi connectivity index (χ3n) is 8.82. The Morgan fingerprint density at radius 2 is 1.74 bits per heavy atom. The Bertz CT molecular complexity index is 520. The van der Waals surface area contributed by atoms with Crippen molar-refractivity contribution in [3.8, 4) is 0 Å². The summed E-state index contributed by atoms with van der Waals surface area (Å²) in [6, 6.07) is 0. The zero-order valence-corrected chi connectivity index (χ0v) is 14.9. The number of hydrogen-bond acceptors (Lipinski definition) is 2. The summed E-state index contributed by atoms with van der Waals surface area (Å²) in [5, 5.41) is 0. The molecule has 23 heavy (non-hydrogen) atoms. The van der Waals surface area contributed by atoms with Crippen molar-refractivity contribution in [2.24, 2.45) is 34.5 Å². The van der Waals surface area contributed by atoms with Gasteiger partial charge < -0.3 is 9.47 Å². The minimum absolute atomic E-state index is 0.0997. The average molecular weight is 316 g/mol. The summed E-state index contributed by atoms with van der Waals surface area (Å²) in [6.07, 6.45) is 16.3. The molecule has 128 valence electrons. The second-order valence-corrected chi connectivity index (χ2v) is 9.45. The highest BCUT2D eigenvalue weighted by molar-refractivity contribution is 5.23. The molecule has 6 atom stereocenters. The second-order valence-electron chi connectivity index (χ2n) is 9.45. The van der Waals surface area contributed by atoms with Gasteiger partial charge in [-0.1, -0.05) is 38.8 Å². The maximum absolute atomic E-state index is 6.21. The number of ether oxygens (including phenoxy) is 2. The van der Waals surface area contributed by atoms with Gasteiger partial charge >= 0.3 is 0 Å². The van der Waals surface area contributed by atoms with Gasteiger partial charge in [0.25, 0.3) is 0 Å². The fourth-order valence-electron chi connectivity index (χ4n) is 7.54. The SMILES string of the molecule is C[C@]12C=CC3C(CC[C@@H]4CCCC[C@]34C)C1CCC21OCCO1.